The molecule has 3 aromatic rings. The van der Waals surface area contributed by atoms with Gasteiger partial charge in [0.1, 0.15) is 0 Å². The predicted molar refractivity (Wildman–Crippen MR) is 113 cm³/mol. The Morgan fingerprint density at radius 2 is 1.66 bits per heavy atom. The van der Waals surface area contributed by atoms with E-state index in [1.165, 1.54) is 6.07 Å². The molecule has 148 valence electrons. The second kappa shape index (κ2) is 7.84. The van der Waals surface area contributed by atoms with Crippen molar-refractivity contribution in [3.05, 3.63) is 99.0 Å². The predicted octanol–water partition coefficient (Wildman–Crippen LogP) is 7.48. The lowest BCUT2D eigenvalue weighted by Gasteiger charge is -2.24. The molecule has 0 amide bonds. The van der Waals surface area contributed by atoms with Gasteiger partial charge in [0.05, 0.1) is 23.0 Å². The summed E-state index contributed by atoms with van der Waals surface area (Å²) in [4.78, 5) is 0. The van der Waals surface area contributed by atoms with Crippen molar-refractivity contribution >= 4 is 38.9 Å². The van der Waals surface area contributed by atoms with Crippen LogP contribution in [0.2, 0.25) is 5.02 Å². The summed E-state index contributed by atoms with van der Waals surface area (Å²) in [6.07, 6.45) is -3.84. The van der Waals surface area contributed by atoms with Gasteiger partial charge in [-0.2, -0.15) is 18.3 Å². The highest BCUT2D eigenvalue weighted by Gasteiger charge is 2.34. The van der Waals surface area contributed by atoms with Crippen LogP contribution in [0, 0.1) is 0 Å². The molecule has 0 N–H and O–H groups in total. The molecule has 7 heteroatoms. The molecule has 0 saturated heterocycles. The largest absolute Gasteiger partial charge is 0.416 e. The maximum Gasteiger partial charge on any atom is 0.416 e. The number of alkyl halides is 3. The smallest absolute Gasteiger partial charge is 0.257 e. The first-order valence-corrected chi connectivity index (χ1v) is 10.0. The molecule has 0 aromatic heterocycles. The van der Waals surface area contributed by atoms with Crippen LogP contribution in [0.25, 0.3) is 0 Å². The fraction of sp³-hybridized carbons (Fsp3) is 0.136. The van der Waals surface area contributed by atoms with Crippen molar-refractivity contribution in [2.45, 2.75) is 18.6 Å². The summed E-state index contributed by atoms with van der Waals surface area (Å²) >= 11 is 9.43. The van der Waals surface area contributed by atoms with Crippen LogP contribution in [-0.2, 0) is 6.18 Å². The SMILES string of the molecule is FC(F)(F)c1cccc(N2N=C(c3ccc(Br)cc3)C[C@@H]2c2ccc(Cl)cc2)c1. The molecule has 1 aliphatic rings. The lowest BCUT2D eigenvalue weighted by Crippen LogP contribution is -2.19. The third-order valence-electron chi connectivity index (χ3n) is 4.78. The molecule has 3 aromatic carbocycles. The molecule has 29 heavy (non-hydrogen) atoms. The summed E-state index contributed by atoms with van der Waals surface area (Å²) in [5.74, 6) is 0. The molecular formula is C22H15BrClF3N2. The molecule has 0 bridgehead atoms. The van der Waals surface area contributed by atoms with Crippen LogP contribution in [0.4, 0.5) is 18.9 Å². The topological polar surface area (TPSA) is 15.6 Å². The van der Waals surface area contributed by atoms with Gasteiger partial charge in [0.25, 0.3) is 0 Å². The fourth-order valence-electron chi connectivity index (χ4n) is 3.33. The number of hydrogen-bond acceptors (Lipinski definition) is 2. The van der Waals surface area contributed by atoms with E-state index in [1.54, 1.807) is 23.2 Å². The highest BCUT2D eigenvalue weighted by atomic mass is 79.9. The summed E-state index contributed by atoms with van der Waals surface area (Å²) in [5, 5.41) is 6.96. The zero-order chi connectivity index (χ0) is 20.6. The van der Waals surface area contributed by atoms with E-state index in [1.807, 2.05) is 36.4 Å². The molecule has 4 rings (SSSR count). The molecular weight excluding hydrogens is 465 g/mol. The van der Waals surface area contributed by atoms with Crippen LogP contribution in [0.3, 0.4) is 0 Å². The van der Waals surface area contributed by atoms with Gasteiger partial charge in [0.2, 0.25) is 0 Å². The van der Waals surface area contributed by atoms with E-state index in [0.29, 0.717) is 17.1 Å². The molecule has 0 radical (unpaired) electrons. The molecule has 0 aliphatic carbocycles. The number of benzene rings is 3. The molecule has 1 atom stereocenters. The van der Waals surface area contributed by atoms with Gasteiger partial charge in [-0.15, -0.1) is 0 Å². The standard InChI is InChI=1S/C22H15BrClF3N2/c23-17-8-4-14(5-9-17)20-13-21(15-6-10-18(24)11-7-15)29(28-20)19-3-1-2-16(12-19)22(25,26)27/h1-12,21H,13H2/t21-/m1/s1. The van der Waals surface area contributed by atoms with Gasteiger partial charge in [0, 0.05) is 15.9 Å². The van der Waals surface area contributed by atoms with E-state index < -0.39 is 11.7 Å². The molecule has 1 heterocycles. The normalized spacial score (nSPS) is 16.8. The zero-order valence-electron chi connectivity index (χ0n) is 15.0. The van der Waals surface area contributed by atoms with E-state index in [-0.39, 0.29) is 6.04 Å². The van der Waals surface area contributed by atoms with Crippen LogP contribution in [0.1, 0.15) is 29.2 Å². The Labute approximate surface area is 179 Å². The Morgan fingerprint density at radius 3 is 2.31 bits per heavy atom. The molecule has 0 spiro atoms. The van der Waals surface area contributed by atoms with Crippen LogP contribution >= 0.6 is 27.5 Å². The lowest BCUT2D eigenvalue weighted by atomic mass is 9.98. The quantitative estimate of drug-likeness (QED) is 0.380. The number of anilines is 1. The van der Waals surface area contributed by atoms with Crippen molar-refractivity contribution in [1.29, 1.82) is 0 Å². The van der Waals surface area contributed by atoms with Crippen molar-refractivity contribution in [2.75, 3.05) is 5.01 Å². The van der Waals surface area contributed by atoms with Crippen LogP contribution in [0.5, 0.6) is 0 Å². The van der Waals surface area contributed by atoms with Gasteiger partial charge >= 0.3 is 6.18 Å². The first-order chi connectivity index (χ1) is 13.8. The highest BCUT2D eigenvalue weighted by Crippen LogP contribution is 2.39. The summed E-state index contributed by atoms with van der Waals surface area (Å²) in [7, 11) is 0. The summed E-state index contributed by atoms with van der Waals surface area (Å²) in [5.41, 5.74) is 2.38. The monoisotopic (exact) mass is 478 g/mol. The Morgan fingerprint density at radius 1 is 0.966 bits per heavy atom. The number of rotatable bonds is 3. The zero-order valence-corrected chi connectivity index (χ0v) is 17.3. The average molecular weight is 480 g/mol. The highest BCUT2D eigenvalue weighted by molar-refractivity contribution is 9.10. The van der Waals surface area contributed by atoms with Gasteiger partial charge in [-0.3, -0.25) is 5.01 Å². The number of nitrogens with zero attached hydrogens (tertiary/aromatic N) is 2. The second-order valence-electron chi connectivity index (χ2n) is 6.72. The van der Waals surface area contributed by atoms with Crippen LogP contribution < -0.4 is 5.01 Å². The van der Waals surface area contributed by atoms with E-state index in [2.05, 4.69) is 15.9 Å². The number of halogens is 5. The van der Waals surface area contributed by atoms with E-state index >= 15 is 0 Å². The maximum absolute atomic E-state index is 13.2. The van der Waals surface area contributed by atoms with Crippen LogP contribution in [-0.4, -0.2) is 5.71 Å². The van der Waals surface area contributed by atoms with Gasteiger partial charge in [-0.1, -0.05) is 57.9 Å². The third-order valence-corrected chi connectivity index (χ3v) is 5.56. The molecule has 0 unspecified atom stereocenters. The Balaban J connectivity index is 1.77. The maximum atomic E-state index is 13.2. The van der Waals surface area contributed by atoms with Crippen LogP contribution in [0.15, 0.2) is 82.4 Å². The van der Waals surface area contributed by atoms with Crippen molar-refractivity contribution in [3.63, 3.8) is 0 Å². The minimum Gasteiger partial charge on any atom is -0.257 e. The lowest BCUT2D eigenvalue weighted by molar-refractivity contribution is -0.137. The van der Waals surface area contributed by atoms with Gasteiger partial charge < -0.3 is 0 Å². The minimum atomic E-state index is -4.41. The number of hydrazone groups is 1. The van der Waals surface area contributed by atoms with E-state index in [9.17, 15) is 13.2 Å². The van der Waals surface area contributed by atoms with Crippen molar-refractivity contribution in [3.8, 4) is 0 Å². The van der Waals surface area contributed by atoms with Gasteiger partial charge in [0.15, 0.2) is 0 Å². The van der Waals surface area contributed by atoms with E-state index in [4.69, 9.17) is 16.7 Å². The first kappa shape index (κ1) is 20.0. The molecule has 2 nitrogen and oxygen atoms in total. The Bertz CT molecular complexity index is 1050. The number of hydrogen-bond donors (Lipinski definition) is 0. The second-order valence-corrected chi connectivity index (χ2v) is 8.07. The fourth-order valence-corrected chi connectivity index (χ4v) is 3.72. The average Bonchev–Trinajstić information content (AvgIpc) is 3.14. The molecule has 0 saturated carbocycles. The Hall–Kier alpha value is -2.31. The summed E-state index contributed by atoms with van der Waals surface area (Å²) < 4.78 is 40.6. The minimum absolute atomic E-state index is 0.227. The summed E-state index contributed by atoms with van der Waals surface area (Å²) in [6, 6.07) is 20.1. The summed E-state index contributed by atoms with van der Waals surface area (Å²) in [6.45, 7) is 0. The van der Waals surface area contributed by atoms with Crippen molar-refractivity contribution in [1.82, 2.24) is 0 Å². The molecule has 0 fully saturated rings. The van der Waals surface area contributed by atoms with Crippen molar-refractivity contribution < 1.29 is 13.2 Å². The molecule has 1 aliphatic heterocycles. The van der Waals surface area contributed by atoms with Gasteiger partial charge in [-0.25, -0.2) is 0 Å². The van der Waals surface area contributed by atoms with Crippen molar-refractivity contribution in [2.24, 2.45) is 5.10 Å². The third kappa shape index (κ3) is 4.33. The van der Waals surface area contributed by atoms with E-state index in [0.717, 1.165) is 33.4 Å². The Kier molecular flexibility index (Phi) is 5.40. The van der Waals surface area contributed by atoms with Gasteiger partial charge in [-0.05, 0) is 53.6 Å². The first-order valence-electron chi connectivity index (χ1n) is 8.86.